The van der Waals surface area contributed by atoms with Crippen molar-refractivity contribution in [2.24, 2.45) is 14.1 Å². The quantitative estimate of drug-likeness (QED) is 0.571. The van der Waals surface area contributed by atoms with E-state index < -0.39 is 0 Å². The van der Waals surface area contributed by atoms with E-state index in [0.717, 1.165) is 22.4 Å². The Morgan fingerprint density at radius 2 is 1.81 bits per heavy atom. The minimum absolute atomic E-state index is 0.0638. The monoisotopic (exact) mass is 345 g/mol. The van der Waals surface area contributed by atoms with Crippen LogP contribution in [0.5, 0.6) is 0 Å². The predicted octanol–water partition coefficient (Wildman–Crippen LogP) is 2.70. The fourth-order valence-electron chi connectivity index (χ4n) is 2.99. The first kappa shape index (κ1) is 16.1. The number of nitrogens with zero attached hydrogens (tertiary/aromatic N) is 5. The van der Waals surface area contributed by atoms with E-state index in [1.165, 1.54) is 5.56 Å². The Balaban J connectivity index is 1.76. The maximum absolute atomic E-state index is 12.2. The van der Waals surface area contributed by atoms with Gasteiger partial charge in [0.1, 0.15) is 0 Å². The maximum atomic E-state index is 12.2. The summed E-state index contributed by atoms with van der Waals surface area (Å²) in [6.07, 6.45) is 7.54. The van der Waals surface area contributed by atoms with Crippen molar-refractivity contribution >= 4 is 0 Å². The molecule has 0 spiro atoms. The first-order valence-corrected chi connectivity index (χ1v) is 8.37. The smallest absolute Gasteiger partial charge is 0.250 e. The number of rotatable bonds is 4. The molecule has 0 aliphatic carbocycles. The third-order valence-electron chi connectivity index (χ3n) is 4.35. The Morgan fingerprint density at radius 1 is 1.00 bits per heavy atom. The molecule has 6 heteroatoms. The molecular weight excluding hydrogens is 326 g/mol. The van der Waals surface area contributed by atoms with E-state index in [2.05, 4.69) is 22.3 Å². The molecule has 0 amide bonds. The van der Waals surface area contributed by atoms with Crippen LogP contribution in [-0.2, 0) is 20.6 Å². The van der Waals surface area contributed by atoms with Crippen molar-refractivity contribution in [1.29, 1.82) is 0 Å². The summed E-state index contributed by atoms with van der Waals surface area (Å²) >= 11 is 0. The average Bonchev–Trinajstić information content (AvgIpc) is 3.27. The summed E-state index contributed by atoms with van der Waals surface area (Å²) in [5.74, 6) is 0. The molecule has 0 unspecified atom stereocenters. The van der Waals surface area contributed by atoms with E-state index in [1.807, 2.05) is 60.8 Å². The summed E-state index contributed by atoms with van der Waals surface area (Å²) in [4.78, 5) is 12.2. The molecule has 130 valence electrons. The highest BCUT2D eigenvalue weighted by Crippen LogP contribution is 2.29. The Bertz CT molecular complexity index is 1100. The molecule has 0 aliphatic rings. The van der Waals surface area contributed by atoms with E-state index >= 15 is 0 Å². The van der Waals surface area contributed by atoms with Crippen LogP contribution in [0, 0.1) is 0 Å². The zero-order valence-electron chi connectivity index (χ0n) is 14.7. The van der Waals surface area contributed by atoms with Crippen molar-refractivity contribution in [1.82, 2.24) is 24.1 Å². The maximum Gasteiger partial charge on any atom is 0.250 e. The first-order valence-electron chi connectivity index (χ1n) is 8.37. The van der Waals surface area contributed by atoms with E-state index in [0.29, 0.717) is 6.54 Å². The summed E-state index contributed by atoms with van der Waals surface area (Å²) in [5, 5.41) is 8.94. The largest absolute Gasteiger partial charge is 0.318 e. The lowest BCUT2D eigenvalue weighted by Gasteiger charge is -2.08. The second kappa shape index (κ2) is 6.48. The predicted molar refractivity (Wildman–Crippen MR) is 101 cm³/mol. The molecule has 0 fully saturated rings. The fraction of sp³-hybridized carbons (Fsp3) is 0.150. The van der Waals surface area contributed by atoms with Gasteiger partial charge in [-0.1, -0.05) is 30.3 Å². The van der Waals surface area contributed by atoms with Crippen molar-refractivity contribution in [3.8, 4) is 22.4 Å². The van der Waals surface area contributed by atoms with Crippen LogP contribution < -0.4 is 5.56 Å². The molecule has 26 heavy (non-hydrogen) atoms. The van der Waals surface area contributed by atoms with Gasteiger partial charge in [0.2, 0.25) is 0 Å². The van der Waals surface area contributed by atoms with Gasteiger partial charge in [0, 0.05) is 55.4 Å². The van der Waals surface area contributed by atoms with Gasteiger partial charge in [0.05, 0.1) is 18.4 Å². The molecule has 1 aromatic carbocycles. The molecule has 0 aliphatic heterocycles. The third-order valence-corrected chi connectivity index (χ3v) is 4.35. The van der Waals surface area contributed by atoms with Crippen LogP contribution in [0.4, 0.5) is 0 Å². The van der Waals surface area contributed by atoms with Gasteiger partial charge in [0.15, 0.2) is 0 Å². The van der Waals surface area contributed by atoms with Gasteiger partial charge in [0.25, 0.3) is 5.56 Å². The molecule has 0 saturated carbocycles. The number of benzene rings is 1. The molecule has 0 saturated heterocycles. The lowest BCUT2D eigenvalue weighted by atomic mass is 10.0. The van der Waals surface area contributed by atoms with Crippen molar-refractivity contribution in [2.45, 2.75) is 6.54 Å². The zero-order chi connectivity index (χ0) is 18.1. The van der Waals surface area contributed by atoms with Gasteiger partial charge < -0.3 is 4.57 Å². The van der Waals surface area contributed by atoms with Gasteiger partial charge in [-0.15, -0.1) is 0 Å². The van der Waals surface area contributed by atoms with Gasteiger partial charge in [-0.25, -0.2) is 0 Å². The Morgan fingerprint density at radius 3 is 2.54 bits per heavy atom. The van der Waals surface area contributed by atoms with Crippen molar-refractivity contribution < 1.29 is 0 Å². The molecule has 3 aromatic heterocycles. The number of aryl methyl sites for hydroxylation is 2. The Kier molecular flexibility index (Phi) is 4.01. The summed E-state index contributed by atoms with van der Waals surface area (Å²) in [6.45, 7) is 0.700. The lowest BCUT2D eigenvalue weighted by Crippen LogP contribution is -2.15. The Hall–Kier alpha value is -3.41. The summed E-state index contributed by atoms with van der Waals surface area (Å²) in [5.41, 5.74) is 4.60. The lowest BCUT2D eigenvalue weighted by molar-refractivity contribution is 0.687. The molecule has 4 rings (SSSR count). The molecule has 0 N–H and O–H groups in total. The van der Waals surface area contributed by atoms with Crippen LogP contribution in [0.25, 0.3) is 22.4 Å². The normalized spacial score (nSPS) is 11.0. The van der Waals surface area contributed by atoms with Crippen LogP contribution >= 0.6 is 0 Å². The molecule has 0 bridgehead atoms. The highest BCUT2D eigenvalue weighted by atomic mass is 16.1. The minimum Gasteiger partial charge on any atom is -0.318 e. The van der Waals surface area contributed by atoms with Crippen LogP contribution in [0.1, 0.15) is 5.56 Å². The van der Waals surface area contributed by atoms with E-state index in [9.17, 15) is 4.79 Å². The van der Waals surface area contributed by atoms with E-state index in [1.54, 1.807) is 22.4 Å². The number of hydrogen-bond donors (Lipinski definition) is 0. The van der Waals surface area contributed by atoms with Crippen LogP contribution in [0.15, 0.2) is 72.0 Å². The topological polar surface area (TPSA) is 57.6 Å². The Labute approximate surface area is 151 Å². The zero-order valence-corrected chi connectivity index (χ0v) is 14.7. The van der Waals surface area contributed by atoms with Crippen molar-refractivity contribution in [3.63, 3.8) is 0 Å². The van der Waals surface area contributed by atoms with Crippen LogP contribution in [0.3, 0.4) is 0 Å². The number of hydrogen-bond acceptors (Lipinski definition) is 3. The highest BCUT2D eigenvalue weighted by molar-refractivity contribution is 5.80. The van der Waals surface area contributed by atoms with Crippen molar-refractivity contribution in [3.05, 3.63) is 83.2 Å². The average molecular weight is 345 g/mol. The summed E-state index contributed by atoms with van der Waals surface area (Å²) in [7, 11) is 3.62. The number of pyridine rings is 1. The summed E-state index contributed by atoms with van der Waals surface area (Å²) < 4.78 is 5.21. The SMILES string of the molecule is Cn1ccc(-c2cc(=O)n(C)cc2-c2cnn(Cc3ccccc3)c2)n1. The molecule has 0 atom stereocenters. The summed E-state index contributed by atoms with van der Waals surface area (Å²) in [6, 6.07) is 13.7. The second-order valence-electron chi connectivity index (χ2n) is 6.34. The second-order valence-corrected chi connectivity index (χ2v) is 6.34. The highest BCUT2D eigenvalue weighted by Gasteiger charge is 2.14. The molecule has 0 radical (unpaired) electrons. The molecule has 3 heterocycles. The van der Waals surface area contributed by atoms with Gasteiger partial charge >= 0.3 is 0 Å². The molecule has 4 aromatic rings. The van der Waals surface area contributed by atoms with Crippen molar-refractivity contribution in [2.75, 3.05) is 0 Å². The van der Waals surface area contributed by atoms with Crippen LogP contribution in [-0.4, -0.2) is 24.1 Å². The molecule has 6 nitrogen and oxygen atoms in total. The fourth-order valence-corrected chi connectivity index (χ4v) is 2.99. The van der Waals surface area contributed by atoms with E-state index in [-0.39, 0.29) is 5.56 Å². The third kappa shape index (κ3) is 3.09. The van der Waals surface area contributed by atoms with E-state index in [4.69, 9.17) is 0 Å². The molecular formula is C20H19N5O. The van der Waals surface area contributed by atoms with Gasteiger partial charge in [-0.2, -0.15) is 10.2 Å². The van der Waals surface area contributed by atoms with Gasteiger partial charge in [-0.05, 0) is 11.6 Å². The first-order chi connectivity index (χ1) is 12.6. The van der Waals surface area contributed by atoms with Gasteiger partial charge in [-0.3, -0.25) is 14.2 Å². The number of aromatic nitrogens is 5. The standard InChI is InChI=1S/C20H19N5O/c1-23-14-18(17(10-20(23)26)19-8-9-24(2)22-19)16-11-21-25(13-16)12-15-6-4-3-5-7-15/h3-11,13-14H,12H2,1-2H3. The van der Waals surface area contributed by atoms with Crippen LogP contribution in [0.2, 0.25) is 0 Å². The minimum atomic E-state index is -0.0638.